The maximum atomic E-state index is 12.0. The van der Waals surface area contributed by atoms with Crippen LogP contribution >= 0.6 is 0 Å². The molecule has 1 N–H and O–H groups in total. The molecule has 136 valence electrons. The van der Waals surface area contributed by atoms with Gasteiger partial charge < -0.3 is 14.7 Å². The minimum atomic E-state index is -1.13. The highest BCUT2D eigenvalue weighted by Gasteiger charge is 2.44. The number of aliphatic carboxylic acids is 1. The molecule has 1 aliphatic heterocycles. The van der Waals surface area contributed by atoms with E-state index >= 15 is 0 Å². The number of rotatable bonds is 5. The molecule has 25 heavy (non-hydrogen) atoms. The molecule has 1 aliphatic carbocycles. The highest BCUT2D eigenvalue weighted by Crippen LogP contribution is 2.31. The fourth-order valence-corrected chi connectivity index (χ4v) is 3.84. The number of allylic oxidation sites excluding steroid dienone is 2. The standard InChI is InChI=1S/C20H28N2O3/c1-15-8-9-18(16(2)21-15)25-20(19(23)24)10-12-22(13-11-20)14-17-6-4-3-5-7-17/h3-4,8-9,17H,5-7,10-14H2,1-2H3,(H,23,24). The third-order valence-corrected chi connectivity index (χ3v) is 5.43. The lowest BCUT2D eigenvalue weighted by Gasteiger charge is -2.40. The molecule has 0 bridgehead atoms. The molecule has 0 aromatic carbocycles. The van der Waals surface area contributed by atoms with Crippen LogP contribution in [0.5, 0.6) is 5.75 Å². The van der Waals surface area contributed by atoms with Crippen LogP contribution in [0.1, 0.15) is 43.5 Å². The molecule has 1 atom stereocenters. The van der Waals surface area contributed by atoms with Crippen molar-refractivity contribution in [2.45, 2.75) is 51.6 Å². The molecular formula is C20H28N2O3. The van der Waals surface area contributed by atoms with Gasteiger partial charge in [-0.3, -0.25) is 4.98 Å². The molecule has 2 aliphatic rings. The van der Waals surface area contributed by atoms with Gasteiger partial charge in [-0.05, 0) is 51.2 Å². The Morgan fingerprint density at radius 1 is 1.32 bits per heavy atom. The minimum Gasteiger partial charge on any atom is -0.478 e. The molecule has 2 heterocycles. The Bertz CT molecular complexity index is 648. The summed E-state index contributed by atoms with van der Waals surface area (Å²) >= 11 is 0. The lowest BCUT2D eigenvalue weighted by Crippen LogP contribution is -2.54. The van der Waals surface area contributed by atoms with Gasteiger partial charge in [0.25, 0.3) is 0 Å². The van der Waals surface area contributed by atoms with Crippen molar-refractivity contribution in [3.8, 4) is 5.75 Å². The zero-order valence-corrected chi connectivity index (χ0v) is 15.2. The van der Waals surface area contributed by atoms with E-state index in [1.807, 2.05) is 26.0 Å². The number of hydrogen-bond donors (Lipinski definition) is 1. The first kappa shape index (κ1) is 17.9. The first-order valence-corrected chi connectivity index (χ1v) is 9.22. The van der Waals surface area contributed by atoms with Crippen LogP contribution in [-0.2, 0) is 4.79 Å². The van der Waals surface area contributed by atoms with Crippen molar-refractivity contribution in [1.29, 1.82) is 0 Å². The van der Waals surface area contributed by atoms with E-state index < -0.39 is 11.6 Å². The Labute approximate surface area is 149 Å². The Hall–Kier alpha value is -1.88. The van der Waals surface area contributed by atoms with Crippen molar-refractivity contribution < 1.29 is 14.6 Å². The Morgan fingerprint density at radius 3 is 2.68 bits per heavy atom. The molecule has 0 amide bonds. The van der Waals surface area contributed by atoms with E-state index in [1.165, 1.54) is 12.8 Å². The lowest BCUT2D eigenvalue weighted by molar-refractivity contribution is -0.160. The second kappa shape index (κ2) is 7.56. The van der Waals surface area contributed by atoms with Gasteiger partial charge in [-0.1, -0.05) is 12.2 Å². The van der Waals surface area contributed by atoms with E-state index in [1.54, 1.807) is 0 Å². The van der Waals surface area contributed by atoms with Crippen molar-refractivity contribution in [3.05, 3.63) is 35.7 Å². The number of carbonyl (C=O) groups is 1. The molecule has 0 radical (unpaired) electrons. The summed E-state index contributed by atoms with van der Waals surface area (Å²) < 4.78 is 6.03. The van der Waals surface area contributed by atoms with Crippen LogP contribution in [0.4, 0.5) is 0 Å². The summed E-state index contributed by atoms with van der Waals surface area (Å²) in [6, 6.07) is 3.70. The number of carboxylic acids is 1. The third-order valence-electron chi connectivity index (χ3n) is 5.43. The topological polar surface area (TPSA) is 62.7 Å². The van der Waals surface area contributed by atoms with Crippen LogP contribution in [0.2, 0.25) is 0 Å². The Balaban J connectivity index is 1.64. The highest BCUT2D eigenvalue weighted by molar-refractivity contribution is 5.78. The summed E-state index contributed by atoms with van der Waals surface area (Å²) in [4.78, 5) is 18.8. The zero-order chi connectivity index (χ0) is 17.9. The van der Waals surface area contributed by atoms with Crippen LogP contribution in [0.15, 0.2) is 24.3 Å². The molecule has 1 aromatic rings. The van der Waals surface area contributed by atoms with Gasteiger partial charge in [-0.25, -0.2) is 4.79 Å². The smallest absolute Gasteiger partial charge is 0.348 e. The molecule has 1 fully saturated rings. The largest absolute Gasteiger partial charge is 0.478 e. The SMILES string of the molecule is Cc1ccc(OC2(C(=O)O)CCN(CC3CC=CCC3)CC2)c(C)n1. The summed E-state index contributed by atoms with van der Waals surface area (Å²) in [5, 5.41) is 9.83. The van der Waals surface area contributed by atoms with Crippen molar-refractivity contribution >= 4 is 5.97 Å². The fourth-order valence-electron chi connectivity index (χ4n) is 3.84. The van der Waals surface area contributed by atoms with E-state index in [0.29, 0.717) is 24.5 Å². The number of carboxylic acid groups (broad SMARTS) is 1. The number of nitrogens with zero attached hydrogens (tertiary/aromatic N) is 2. The summed E-state index contributed by atoms with van der Waals surface area (Å²) in [7, 11) is 0. The number of hydrogen-bond acceptors (Lipinski definition) is 4. The quantitative estimate of drug-likeness (QED) is 0.830. The lowest BCUT2D eigenvalue weighted by atomic mass is 9.88. The van der Waals surface area contributed by atoms with E-state index in [9.17, 15) is 9.90 Å². The van der Waals surface area contributed by atoms with Crippen molar-refractivity contribution in [3.63, 3.8) is 0 Å². The summed E-state index contributed by atoms with van der Waals surface area (Å²) in [5.74, 6) is 0.415. The van der Waals surface area contributed by atoms with E-state index in [2.05, 4.69) is 22.0 Å². The summed E-state index contributed by atoms with van der Waals surface area (Å²) in [6.45, 7) is 6.38. The molecule has 1 aromatic heterocycles. The first-order valence-electron chi connectivity index (χ1n) is 9.22. The number of aryl methyl sites for hydroxylation is 2. The number of likely N-dealkylation sites (tertiary alicyclic amines) is 1. The second-order valence-corrected chi connectivity index (χ2v) is 7.39. The minimum absolute atomic E-state index is 0.512. The van der Waals surface area contributed by atoms with Crippen molar-refractivity contribution in [2.75, 3.05) is 19.6 Å². The predicted octanol–water partition coefficient (Wildman–Crippen LogP) is 3.35. The fraction of sp³-hybridized carbons (Fsp3) is 0.600. The van der Waals surface area contributed by atoms with Gasteiger partial charge >= 0.3 is 5.97 Å². The molecule has 1 unspecified atom stereocenters. The van der Waals surface area contributed by atoms with Crippen LogP contribution in [0.25, 0.3) is 0 Å². The third kappa shape index (κ3) is 4.21. The van der Waals surface area contributed by atoms with E-state index in [4.69, 9.17) is 4.74 Å². The van der Waals surface area contributed by atoms with Crippen LogP contribution in [0, 0.1) is 19.8 Å². The van der Waals surface area contributed by atoms with Gasteiger partial charge in [-0.2, -0.15) is 0 Å². The van der Waals surface area contributed by atoms with Gasteiger partial charge in [0.1, 0.15) is 5.75 Å². The molecule has 1 saturated heterocycles. The predicted molar refractivity (Wildman–Crippen MR) is 96.9 cm³/mol. The Morgan fingerprint density at radius 2 is 2.08 bits per heavy atom. The van der Waals surface area contributed by atoms with Crippen LogP contribution in [-0.4, -0.2) is 46.2 Å². The number of ether oxygens (including phenoxy) is 1. The zero-order valence-electron chi connectivity index (χ0n) is 15.2. The highest BCUT2D eigenvalue weighted by atomic mass is 16.5. The number of piperidine rings is 1. The number of aromatic nitrogens is 1. The van der Waals surface area contributed by atoms with Crippen molar-refractivity contribution in [1.82, 2.24) is 9.88 Å². The van der Waals surface area contributed by atoms with Gasteiger partial charge in [0.2, 0.25) is 5.60 Å². The van der Waals surface area contributed by atoms with Gasteiger partial charge in [0, 0.05) is 38.2 Å². The Kier molecular flexibility index (Phi) is 5.42. The first-order chi connectivity index (χ1) is 12.0. The monoisotopic (exact) mass is 344 g/mol. The van der Waals surface area contributed by atoms with Gasteiger partial charge in [0.05, 0.1) is 5.69 Å². The van der Waals surface area contributed by atoms with Crippen LogP contribution < -0.4 is 4.74 Å². The second-order valence-electron chi connectivity index (χ2n) is 7.39. The molecular weight excluding hydrogens is 316 g/mol. The van der Waals surface area contributed by atoms with E-state index in [0.717, 1.165) is 37.4 Å². The van der Waals surface area contributed by atoms with Crippen molar-refractivity contribution in [2.24, 2.45) is 5.92 Å². The molecule has 5 nitrogen and oxygen atoms in total. The summed E-state index contributed by atoms with van der Waals surface area (Å²) in [5.41, 5.74) is 0.521. The maximum Gasteiger partial charge on any atom is 0.348 e. The molecule has 0 spiro atoms. The average molecular weight is 344 g/mol. The van der Waals surface area contributed by atoms with Gasteiger partial charge in [-0.15, -0.1) is 0 Å². The normalized spacial score (nSPS) is 23.4. The maximum absolute atomic E-state index is 12.0. The molecule has 5 heteroatoms. The average Bonchev–Trinajstić information content (AvgIpc) is 2.60. The van der Waals surface area contributed by atoms with E-state index in [-0.39, 0.29) is 0 Å². The molecule has 3 rings (SSSR count). The van der Waals surface area contributed by atoms with Crippen LogP contribution in [0.3, 0.4) is 0 Å². The summed E-state index contributed by atoms with van der Waals surface area (Å²) in [6.07, 6.45) is 9.10. The molecule has 0 saturated carbocycles. The van der Waals surface area contributed by atoms with Gasteiger partial charge in [0.15, 0.2) is 0 Å². The number of pyridine rings is 1.